The lowest BCUT2D eigenvalue weighted by molar-refractivity contribution is -0.0700. The van der Waals surface area contributed by atoms with Crippen LogP contribution in [0.25, 0.3) is 0 Å². The Hall–Kier alpha value is -2.28. The van der Waals surface area contributed by atoms with Crippen LogP contribution in [0.2, 0.25) is 0 Å². The predicted octanol–water partition coefficient (Wildman–Crippen LogP) is 5.00. The monoisotopic (exact) mass is 458 g/mol. The second kappa shape index (κ2) is 9.92. The molecule has 0 aromatic heterocycles. The Morgan fingerprint density at radius 1 is 1.15 bits per heavy atom. The highest BCUT2D eigenvalue weighted by Crippen LogP contribution is 2.37. The summed E-state index contributed by atoms with van der Waals surface area (Å²) in [5.74, 6) is 0.583. The van der Waals surface area contributed by atoms with Crippen LogP contribution in [0.1, 0.15) is 77.2 Å². The third-order valence-corrected chi connectivity index (χ3v) is 7.23. The van der Waals surface area contributed by atoms with Crippen LogP contribution in [0.3, 0.4) is 0 Å². The van der Waals surface area contributed by atoms with Gasteiger partial charge in [0.25, 0.3) is 0 Å². The highest BCUT2D eigenvalue weighted by atomic mass is 16.6. The number of cyclic esters (lactones) is 1. The van der Waals surface area contributed by atoms with Crippen LogP contribution in [-0.2, 0) is 14.2 Å². The predicted molar refractivity (Wildman–Crippen MR) is 125 cm³/mol. The van der Waals surface area contributed by atoms with Gasteiger partial charge >= 0.3 is 12.2 Å². The van der Waals surface area contributed by atoms with Gasteiger partial charge in [-0.2, -0.15) is 0 Å². The molecule has 1 aromatic carbocycles. The van der Waals surface area contributed by atoms with Crippen molar-refractivity contribution in [3.63, 3.8) is 0 Å². The Labute approximate surface area is 197 Å². The molecule has 2 saturated heterocycles. The van der Waals surface area contributed by atoms with Gasteiger partial charge in [0.2, 0.25) is 0 Å². The molecule has 1 N–H and O–H groups in total. The van der Waals surface area contributed by atoms with Crippen molar-refractivity contribution in [3.8, 4) is 0 Å². The van der Waals surface area contributed by atoms with Crippen LogP contribution in [0.4, 0.5) is 9.59 Å². The van der Waals surface area contributed by atoms with Crippen LogP contribution >= 0.6 is 0 Å². The number of benzene rings is 1. The van der Waals surface area contributed by atoms with E-state index in [9.17, 15) is 9.59 Å². The largest absolute Gasteiger partial charge is 0.449 e. The number of alkyl carbamates (subject to hydrolysis) is 1. The number of nitrogens with one attached hydrogen (secondary N) is 1. The fourth-order valence-electron chi connectivity index (χ4n) is 5.55. The average Bonchev–Trinajstić information content (AvgIpc) is 2.78. The van der Waals surface area contributed by atoms with E-state index >= 15 is 0 Å². The molecule has 3 aliphatic rings. The van der Waals surface area contributed by atoms with Crippen LogP contribution < -0.4 is 5.32 Å². The van der Waals surface area contributed by atoms with Crippen LogP contribution in [0.15, 0.2) is 30.3 Å². The molecular formula is C26H38N2O5. The van der Waals surface area contributed by atoms with Gasteiger partial charge < -0.3 is 24.4 Å². The molecule has 0 unspecified atom stereocenters. The zero-order chi connectivity index (χ0) is 23.5. The summed E-state index contributed by atoms with van der Waals surface area (Å²) in [6.45, 7) is 6.96. The first-order valence-electron chi connectivity index (χ1n) is 12.4. The first-order chi connectivity index (χ1) is 15.8. The van der Waals surface area contributed by atoms with E-state index < -0.39 is 17.2 Å². The van der Waals surface area contributed by atoms with Gasteiger partial charge in [-0.05, 0) is 70.8 Å². The summed E-state index contributed by atoms with van der Waals surface area (Å²) in [6, 6.07) is 10.4. The minimum Gasteiger partial charge on any atom is -0.449 e. The van der Waals surface area contributed by atoms with E-state index in [0.29, 0.717) is 32.1 Å². The number of rotatable bonds is 4. The number of carbonyl (C=O) groups excluding carboxylic acids is 2. The van der Waals surface area contributed by atoms with Gasteiger partial charge in [0, 0.05) is 13.0 Å². The van der Waals surface area contributed by atoms with E-state index in [1.165, 1.54) is 5.56 Å². The smallest absolute Gasteiger partial charge is 0.410 e. The zero-order valence-electron chi connectivity index (χ0n) is 20.2. The lowest BCUT2D eigenvalue weighted by Crippen LogP contribution is -2.70. The molecule has 0 radical (unpaired) electrons. The molecule has 1 aromatic rings. The topological polar surface area (TPSA) is 77.1 Å². The van der Waals surface area contributed by atoms with Crippen LogP contribution in [-0.4, -0.2) is 60.1 Å². The molecule has 2 amide bonds. The maximum atomic E-state index is 13.1. The van der Waals surface area contributed by atoms with E-state index in [0.717, 1.165) is 38.5 Å². The fraction of sp³-hybridized carbons (Fsp3) is 0.692. The molecule has 1 saturated carbocycles. The maximum Gasteiger partial charge on any atom is 0.410 e. The lowest BCUT2D eigenvalue weighted by Gasteiger charge is -2.51. The second-order valence-corrected chi connectivity index (χ2v) is 10.7. The van der Waals surface area contributed by atoms with Gasteiger partial charge in [-0.25, -0.2) is 9.59 Å². The average molecular weight is 459 g/mol. The third kappa shape index (κ3) is 5.81. The third-order valence-electron chi connectivity index (χ3n) is 7.23. The first kappa shape index (κ1) is 23.9. The van der Waals surface area contributed by atoms with Crippen molar-refractivity contribution in [2.24, 2.45) is 0 Å². The van der Waals surface area contributed by atoms with E-state index in [4.69, 9.17) is 14.2 Å². The molecule has 2 heterocycles. The van der Waals surface area contributed by atoms with Crippen LogP contribution in [0, 0.1) is 0 Å². The van der Waals surface area contributed by atoms with Crippen molar-refractivity contribution < 1.29 is 23.8 Å². The number of ether oxygens (including phenoxy) is 3. The van der Waals surface area contributed by atoms with Gasteiger partial charge in [0.05, 0.1) is 30.9 Å². The van der Waals surface area contributed by atoms with Crippen molar-refractivity contribution in [2.45, 2.75) is 94.9 Å². The number of carbonyl (C=O) groups is 2. The molecule has 33 heavy (non-hydrogen) atoms. The molecule has 2 aliphatic heterocycles. The number of hydrogen-bond acceptors (Lipinski definition) is 5. The molecule has 7 nitrogen and oxygen atoms in total. The quantitative estimate of drug-likeness (QED) is 0.687. The van der Waals surface area contributed by atoms with Gasteiger partial charge in [-0.3, -0.25) is 0 Å². The lowest BCUT2D eigenvalue weighted by atomic mass is 9.78. The Bertz CT molecular complexity index is 812. The number of amides is 2. The second-order valence-electron chi connectivity index (χ2n) is 10.7. The van der Waals surface area contributed by atoms with Gasteiger partial charge in [-0.1, -0.05) is 30.3 Å². The molecular weight excluding hydrogens is 420 g/mol. The van der Waals surface area contributed by atoms with Crippen molar-refractivity contribution >= 4 is 12.2 Å². The molecule has 7 heteroatoms. The number of likely N-dealkylation sites (tertiary alicyclic amines) is 1. The Kier molecular flexibility index (Phi) is 7.17. The molecule has 2 atom stereocenters. The Morgan fingerprint density at radius 2 is 1.88 bits per heavy atom. The van der Waals surface area contributed by atoms with E-state index in [2.05, 4.69) is 35.6 Å². The summed E-state index contributed by atoms with van der Waals surface area (Å²) in [4.78, 5) is 27.0. The van der Waals surface area contributed by atoms with Crippen LogP contribution in [0.5, 0.6) is 0 Å². The summed E-state index contributed by atoms with van der Waals surface area (Å²) < 4.78 is 17.3. The number of nitrogens with zero attached hydrogens (tertiary/aromatic N) is 1. The van der Waals surface area contributed by atoms with Gasteiger partial charge in [0.1, 0.15) is 5.60 Å². The normalized spacial score (nSPS) is 30.5. The summed E-state index contributed by atoms with van der Waals surface area (Å²) >= 11 is 0. The van der Waals surface area contributed by atoms with Gasteiger partial charge in [0.15, 0.2) is 0 Å². The van der Waals surface area contributed by atoms with E-state index in [1.54, 1.807) is 4.90 Å². The Balaban J connectivity index is 1.43. The molecule has 1 aliphatic carbocycles. The van der Waals surface area contributed by atoms with Gasteiger partial charge in [-0.15, -0.1) is 0 Å². The van der Waals surface area contributed by atoms with E-state index in [-0.39, 0.29) is 18.2 Å². The summed E-state index contributed by atoms with van der Waals surface area (Å²) in [5, 5.41) is 3.06. The molecule has 4 rings (SSSR count). The van der Waals surface area contributed by atoms with Crippen molar-refractivity contribution in [1.82, 2.24) is 10.2 Å². The highest BCUT2D eigenvalue weighted by Gasteiger charge is 2.50. The van der Waals surface area contributed by atoms with E-state index in [1.807, 2.05) is 20.8 Å². The summed E-state index contributed by atoms with van der Waals surface area (Å²) in [6.07, 6.45) is 5.88. The minimum atomic E-state index is -0.582. The fourth-order valence-corrected chi connectivity index (χ4v) is 5.55. The maximum absolute atomic E-state index is 13.1. The molecule has 1 spiro atoms. The molecule has 0 bridgehead atoms. The molecule has 182 valence electrons. The number of hydrogen-bond donors (Lipinski definition) is 1. The summed E-state index contributed by atoms with van der Waals surface area (Å²) in [7, 11) is 0. The summed E-state index contributed by atoms with van der Waals surface area (Å²) in [5.41, 5.74) is 0.288. The zero-order valence-corrected chi connectivity index (χ0v) is 20.2. The minimum absolute atomic E-state index is 0.167. The highest BCUT2D eigenvalue weighted by molar-refractivity contribution is 5.71. The SMILES string of the molecule is CC(C)(C)OC(=O)N1CCC[C@@]2(CCOC(=O)N2)[C@@H]1COC1CCC(c2ccccc2)CC1. The Morgan fingerprint density at radius 3 is 2.55 bits per heavy atom. The van der Waals surface area contributed by atoms with Crippen molar-refractivity contribution in [3.05, 3.63) is 35.9 Å². The van der Waals surface area contributed by atoms with Crippen molar-refractivity contribution in [2.75, 3.05) is 19.8 Å². The van der Waals surface area contributed by atoms with Crippen molar-refractivity contribution in [1.29, 1.82) is 0 Å². The number of piperidine rings is 1. The standard InChI is InChI=1S/C26H38N2O5/c1-25(2,3)33-24(30)28-16-7-14-26(15-17-31-23(29)27-26)22(28)18-32-21-12-10-20(11-13-21)19-8-5-4-6-9-19/h4-6,8-9,20-22H,7,10-18H2,1-3H3,(H,27,29)/t20?,21?,22-,26+/m0/s1. The first-order valence-corrected chi connectivity index (χ1v) is 12.4. The molecule has 3 fully saturated rings.